The van der Waals surface area contributed by atoms with Crippen LogP contribution >= 0.6 is 11.6 Å². The SMILES string of the molecule is Cc1ccc(C(=O)c2ccnc(Cl)c2)cc1F. The molecule has 0 radical (unpaired) electrons. The third-order valence-electron chi connectivity index (χ3n) is 2.42. The van der Waals surface area contributed by atoms with E-state index in [9.17, 15) is 9.18 Å². The summed E-state index contributed by atoms with van der Waals surface area (Å²) in [4.78, 5) is 15.8. The molecule has 0 fully saturated rings. The average molecular weight is 250 g/mol. The molecule has 17 heavy (non-hydrogen) atoms. The Kier molecular flexibility index (Phi) is 3.20. The third kappa shape index (κ3) is 2.50. The van der Waals surface area contributed by atoms with E-state index in [1.807, 2.05) is 0 Å². The lowest BCUT2D eigenvalue weighted by Gasteiger charge is -2.03. The van der Waals surface area contributed by atoms with E-state index in [1.54, 1.807) is 25.1 Å². The second-order valence-electron chi connectivity index (χ2n) is 3.66. The molecule has 4 heteroatoms. The fraction of sp³-hybridized carbons (Fsp3) is 0.0769. The fourth-order valence-corrected chi connectivity index (χ4v) is 1.62. The first-order chi connectivity index (χ1) is 8.08. The molecule has 0 spiro atoms. The van der Waals surface area contributed by atoms with E-state index in [0.717, 1.165) is 0 Å². The first-order valence-corrected chi connectivity index (χ1v) is 5.38. The van der Waals surface area contributed by atoms with E-state index < -0.39 is 5.82 Å². The Morgan fingerprint density at radius 3 is 2.59 bits per heavy atom. The van der Waals surface area contributed by atoms with Crippen LogP contribution in [0.4, 0.5) is 4.39 Å². The number of carbonyl (C=O) groups is 1. The Morgan fingerprint density at radius 2 is 1.94 bits per heavy atom. The van der Waals surface area contributed by atoms with Crippen molar-refractivity contribution in [3.8, 4) is 0 Å². The number of nitrogens with zero attached hydrogens (tertiary/aromatic N) is 1. The zero-order valence-corrected chi connectivity index (χ0v) is 9.83. The first-order valence-electron chi connectivity index (χ1n) is 5.00. The molecule has 0 N–H and O–H groups in total. The lowest BCUT2D eigenvalue weighted by atomic mass is 10.0. The minimum Gasteiger partial charge on any atom is -0.289 e. The van der Waals surface area contributed by atoms with Gasteiger partial charge in [0, 0.05) is 17.3 Å². The van der Waals surface area contributed by atoms with E-state index in [1.165, 1.54) is 18.3 Å². The molecule has 2 nitrogen and oxygen atoms in total. The van der Waals surface area contributed by atoms with Crippen LogP contribution in [0, 0.1) is 12.7 Å². The number of carbonyl (C=O) groups excluding carboxylic acids is 1. The molecule has 0 saturated carbocycles. The Bertz CT molecular complexity index is 583. The van der Waals surface area contributed by atoms with E-state index >= 15 is 0 Å². The van der Waals surface area contributed by atoms with Gasteiger partial charge in [-0.3, -0.25) is 4.79 Å². The van der Waals surface area contributed by atoms with Crippen molar-refractivity contribution in [1.82, 2.24) is 4.98 Å². The summed E-state index contributed by atoms with van der Waals surface area (Å²) in [5, 5.41) is 0.239. The van der Waals surface area contributed by atoms with Crippen molar-refractivity contribution in [3.63, 3.8) is 0 Å². The number of aryl methyl sites for hydroxylation is 1. The lowest BCUT2D eigenvalue weighted by molar-refractivity contribution is 0.103. The molecule has 2 rings (SSSR count). The van der Waals surface area contributed by atoms with Crippen molar-refractivity contribution in [2.75, 3.05) is 0 Å². The van der Waals surface area contributed by atoms with Crippen LogP contribution in [0.2, 0.25) is 5.15 Å². The van der Waals surface area contributed by atoms with Crippen molar-refractivity contribution in [2.45, 2.75) is 6.92 Å². The van der Waals surface area contributed by atoms with Gasteiger partial charge in [-0.1, -0.05) is 23.7 Å². The molecule has 0 saturated heterocycles. The summed E-state index contributed by atoms with van der Waals surface area (Å²) in [5.41, 5.74) is 1.21. The standard InChI is InChI=1S/C13H9ClFNO/c1-8-2-3-9(6-11(8)15)13(17)10-4-5-16-12(14)7-10/h2-7H,1H3. The van der Waals surface area contributed by atoms with Crippen molar-refractivity contribution >= 4 is 17.4 Å². The number of rotatable bonds is 2. The second kappa shape index (κ2) is 4.63. The number of pyridine rings is 1. The Labute approximate surface area is 103 Å². The van der Waals surface area contributed by atoms with Crippen LogP contribution in [-0.2, 0) is 0 Å². The highest BCUT2D eigenvalue weighted by atomic mass is 35.5. The Hall–Kier alpha value is -1.74. The molecule has 0 amide bonds. The number of aromatic nitrogens is 1. The number of halogens is 2. The fourth-order valence-electron chi connectivity index (χ4n) is 1.44. The van der Waals surface area contributed by atoms with Gasteiger partial charge in [-0.05, 0) is 30.7 Å². The van der Waals surface area contributed by atoms with Gasteiger partial charge < -0.3 is 0 Å². The topological polar surface area (TPSA) is 30.0 Å². The maximum Gasteiger partial charge on any atom is 0.193 e. The molecular weight excluding hydrogens is 241 g/mol. The summed E-state index contributed by atoms with van der Waals surface area (Å²) in [5.74, 6) is -0.663. The van der Waals surface area contributed by atoms with Crippen LogP contribution in [0.25, 0.3) is 0 Å². The summed E-state index contributed by atoms with van der Waals surface area (Å²) < 4.78 is 13.3. The second-order valence-corrected chi connectivity index (χ2v) is 4.05. The molecule has 0 aliphatic carbocycles. The number of ketones is 1. The highest BCUT2D eigenvalue weighted by Crippen LogP contribution is 2.15. The number of benzene rings is 1. The van der Waals surface area contributed by atoms with E-state index in [0.29, 0.717) is 16.7 Å². The minimum atomic E-state index is -0.393. The highest BCUT2D eigenvalue weighted by Gasteiger charge is 2.11. The average Bonchev–Trinajstić information content (AvgIpc) is 2.32. The summed E-state index contributed by atoms with van der Waals surface area (Å²) >= 11 is 5.70. The summed E-state index contributed by atoms with van der Waals surface area (Å²) in [6, 6.07) is 7.40. The molecule has 0 aliphatic heterocycles. The van der Waals surface area contributed by atoms with Crippen LogP contribution in [0.1, 0.15) is 21.5 Å². The van der Waals surface area contributed by atoms with Crippen molar-refractivity contribution in [3.05, 3.63) is 64.2 Å². The van der Waals surface area contributed by atoms with Gasteiger partial charge in [0.25, 0.3) is 0 Å². The van der Waals surface area contributed by atoms with Crippen LogP contribution < -0.4 is 0 Å². The van der Waals surface area contributed by atoms with E-state index in [2.05, 4.69) is 4.98 Å². The summed E-state index contributed by atoms with van der Waals surface area (Å²) in [6.07, 6.45) is 1.44. The van der Waals surface area contributed by atoms with E-state index in [-0.39, 0.29) is 10.9 Å². The normalized spacial score (nSPS) is 10.3. The van der Waals surface area contributed by atoms with Crippen LogP contribution in [-0.4, -0.2) is 10.8 Å². The number of hydrogen-bond donors (Lipinski definition) is 0. The molecule has 0 atom stereocenters. The van der Waals surface area contributed by atoms with Gasteiger partial charge in [0.1, 0.15) is 11.0 Å². The molecule has 1 aromatic heterocycles. The monoisotopic (exact) mass is 249 g/mol. The maximum atomic E-state index is 13.3. The predicted molar refractivity (Wildman–Crippen MR) is 63.8 cm³/mol. The maximum absolute atomic E-state index is 13.3. The Morgan fingerprint density at radius 1 is 1.24 bits per heavy atom. The van der Waals surface area contributed by atoms with Crippen molar-refractivity contribution in [1.29, 1.82) is 0 Å². The molecular formula is C13H9ClFNO. The number of hydrogen-bond acceptors (Lipinski definition) is 2. The third-order valence-corrected chi connectivity index (χ3v) is 2.63. The Balaban J connectivity index is 2.40. The zero-order valence-electron chi connectivity index (χ0n) is 9.08. The van der Waals surface area contributed by atoms with Gasteiger partial charge in [0.2, 0.25) is 0 Å². The van der Waals surface area contributed by atoms with Gasteiger partial charge in [-0.25, -0.2) is 9.37 Å². The highest BCUT2D eigenvalue weighted by molar-refractivity contribution is 6.29. The quantitative estimate of drug-likeness (QED) is 0.603. The lowest BCUT2D eigenvalue weighted by Crippen LogP contribution is -2.02. The smallest absolute Gasteiger partial charge is 0.193 e. The summed E-state index contributed by atoms with van der Waals surface area (Å²) in [6.45, 7) is 1.65. The molecule has 0 aliphatic rings. The molecule has 1 aromatic carbocycles. The van der Waals surface area contributed by atoms with Gasteiger partial charge in [0.15, 0.2) is 5.78 Å². The van der Waals surface area contributed by atoms with Gasteiger partial charge in [-0.15, -0.1) is 0 Å². The zero-order chi connectivity index (χ0) is 12.4. The van der Waals surface area contributed by atoms with Crippen molar-refractivity contribution in [2.24, 2.45) is 0 Å². The summed E-state index contributed by atoms with van der Waals surface area (Å²) in [7, 11) is 0. The minimum absolute atomic E-state index is 0.239. The molecule has 2 aromatic rings. The predicted octanol–water partition coefficient (Wildman–Crippen LogP) is 3.41. The van der Waals surface area contributed by atoms with Gasteiger partial charge in [0.05, 0.1) is 0 Å². The van der Waals surface area contributed by atoms with Crippen LogP contribution in [0.15, 0.2) is 36.5 Å². The van der Waals surface area contributed by atoms with Crippen LogP contribution in [0.3, 0.4) is 0 Å². The van der Waals surface area contributed by atoms with Gasteiger partial charge >= 0.3 is 0 Å². The van der Waals surface area contributed by atoms with Gasteiger partial charge in [-0.2, -0.15) is 0 Å². The van der Waals surface area contributed by atoms with E-state index in [4.69, 9.17) is 11.6 Å². The molecule has 0 unspecified atom stereocenters. The largest absolute Gasteiger partial charge is 0.289 e. The molecule has 1 heterocycles. The molecule has 86 valence electrons. The first kappa shape index (κ1) is 11.7. The van der Waals surface area contributed by atoms with Crippen molar-refractivity contribution < 1.29 is 9.18 Å². The molecule has 0 bridgehead atoms. The van der Waals surface area contributed by atoms with Crippen LogP contribution in [0.5, 0.6) is 0 Å².